The predicted molar refractivity (Wildman–Crippen MR) is 91.9 cm³/mol. The van der Waals surface area contributed by atoms with Crippen LogP contribution < -0.4 is 5.32 Å². The van der Waals surface area contributed by atoms with Gasteiger partial charge in [-0.05, 0) is 42.3 Å². The first-order valence-corrected chi connectivity index (χ1v) is 7.98. The van der Waals surface area contributed by atoms with Gasteiger partial charge in [-0.2, -0.15) is 4.98 Å². The van der Waals surface area contributed by atoms with E-state index in [-0.39, 0.29) is 35.2 Å². The number of nitrogens with one attached hydrogen (secondary N) is 1. The number of carbonyl (C=O) groups excluding carboxylic acids is 1. The average molecular weight is 344 g/mol. The van der Waals surface area contributed by atoms with Gasteiger partial charge >= 0.3 is 0 Å². The van der Waals surface area contributed by atoms with Crippen molar-refractivity contribution >= 4 is 28.6 Å². The Balaban J connectivity index is 1.93. The van der Waals surface area contributed by atoms with Gasteiger partial charge in [0.05, 0.1) is 0 Å². The Bertz CT molecular complexity index is 948. The van der Waals surface area contributed by atoms with Crippen LogP contribution in [0.4, 0.5) is 20.5 Å². The van der Waals surface area contributed by atoms with E-state index in [0.717, 1.165) is 5.56 Å². The second kappa shape index (κ2) is 6.63. The minimum atomic E-state index is -0.558. The lowest BCUT2D eigenvalue weighted by molar-refractivity contribution is -0.121. The monoisotopic (exact) mass is 344 g/mol. The molecule has 1 N–H and O–H groups in total. The van der Waals surface area contributed by atoms with Crippen molar-refractivity contribution in [3.8, 4) is 0 Å². The number of oxazole rings is 1. The molecule has 3 rings (SSSR count). The van der Waals surface area contributed by atoms with Gasteiger partial charge in [0, 0.05) is 18.0 Å². The zero-order valence-electron chi connectivity index (χ0n) is 14.2. The first-order valence-electron chi connectivity index (χ1n) is 7.98. The zero-order valence-corrected chi connectivity index (χ0v) is 14.2. The molecular formula is C19H18F2N2O2. The fourth-order valence-electron chi connectivity index (χ4n) is 2.45. The van der Waals surface area contributed by atoms with Gasteiger partial charge in [0.1, 0.15) is 17.1 Å². The lowest BCUT2D eigenvalue weighted by Gasteiger charge is -2.05. The Morgan fingerprint density at radius 3 is 2.72 bits per heavy atom. The molecule has 130 valence electrons. The predicted octanol–water partition coefficient (Wildman–Crippen LogP) is 4.93. The maximum Gasteiger partial charge on any atom is 0.300 e. The maximum absolute atomic E-state index is 14.3. The highest BCUT2D eigenvalue weighted by Gasteiger charge is 2.15. The number of anilines is 2. The van der Waals surface area contributed by atoms with Gasteiger partial charge in [-0.3, -0.25) is 4.79 Å². The van der Waals surface area contributed by atoms with Crippen LogP contribution in [0.3, 0.4) is 0 Å². The highest BCUT2D eigenvalue weighted by Crippen LogP contribution is 2.27. The molecule has 3 aromatic rings. The van der Waals surface area contributed by atoms with E-state index >= 15 is 0 Å². The van der Waals surface area contributed by atoms with Crippen molar-refractivity contribution in [3.63, 3.8) is 0 Å². The maximum atomic E-state index is 14.3. The average Bonchev–Trinajstić information content (AvgIpc) is 2.94. The molecule has 0 aliphatic carbocycles. The minimum absolute atomic E-state index is 0.0204. The van der Waals surface area contributed by atoms with Crippen molar-refractivity contribution in [2.75, 3.05) is 5.32 Å². The summed E-state index contributed by atoms with van der Waals surface area (Å²) < 4.78 is 33.2. The van der Waals surface area contributed by atoms with E-state index < -0.39 is 11.6 Å². The highest BCUT2D eigenvalue weighted by molar-refractivity contribution is 5.84. The van der Waals surface area contributed by atoms with E-state index in [0.29, 0.717) is 11.3 Å². The number of aromatic nitrogens is 1. The normalized spacial score (nSPS) is 11.3. The highest BCUT2D eigenvalue weighted by atomic mass is 19.1. The van der Waals surface area contributed by atoms with Gasteiger partial charge in [-0.25, -0.2) is 8.78 Å². The molecule has 0 bridgehead atoms. The first kappa shape index (κ1) is 17.1. The van der Waals surface area contributed by atoms with Gasteiger partial charge < -0.3 is 9.73 Å². The van der Waals surface area contributed by atoms with Crippen LogP contribution in [-0.2, 0) is 11.2 Å². The zero-order chi connectivity index (χ0) is 18.1. The van der Waals surface area contributed by atoms with Crippen molar-refractivity contribution in [2.24, 2.45) is 5.92 Å². The van der Waals surface area contributed by atoms with Crippen LogP contribution in [0.1, 0.15) is 25.0 Å². The van der Waals surface area contributed by atoms with Crippen LogP contribution in [0.2, 0.25) is 0 Å². The molecule has 0 spiro atoms. The fraction of sp³-hybridized carbons (Fsp3) is 0.263. The molecule has 0 amide bonds. The summed E-state index contributed by atoms with van der Waals surface area (Å²) in [6.45, 7) is 5.41. The number of hydrogen-bond donors (Lipinski definition) is 1. The third-order valence-corrected chi connectivity index (χ3v) is 3.97. The van der Waals surface area contributed by atoms with Crippen molar-refractivity contribution in [2.45, 2.75) is 27.2 Å². The second-order valence-corrected chi connectivity index (χ2v) is 6.33. The minimum Gasteiger partial charge on any atom is -0.423 e. The Labute approximate surface area is 143 Å². The van der Waals surface area contributed by atoms with E-state index in [1.54, 1.807) is 32.9 Å². The van der Waals surface area contributed by atoms with Crippen LogP contribution in [-0.4, -0.2) is 10.8 Å². The molecule has 2 aromatic carbocycles. The molecule has 0 fully saturated rings. The number of aryl methyl sites for hydroxylation is 1. The summed E-state index contributed by atoms with van der Waals surface area (Å²) in [6, 6.07) is 7.25. The number of carbonyl (C=O) groups is 1. The lowest BCUT2D eigenvalue weighted by Crippen LogP contribution is -2.10. The van der Waals surface area contributed by atoms with E-state index in [4.69, 9.17) is 4.42 Å². The topological polar surface area (TPSA) is 55.1 Å². The van der Waals surface area contributed by atoms with Gasteiger partial charge in [0.25, 0.3) is 6.01 Å². The third kappa shape index (κ3) is 3.68. The summed E-state index contributed by atoms with van der Waals surface area (Å²) in [5.74, 6) is -1.06. The summed E-state index contributed by atoms with van der Waals surface area (Å²) in [5, 5.41) is 2.86. The summed E-state index contributed by atoms with van der Waals surface area (Å²) in [7, 11) is 0. The molecule has 0 aliphatic rings. The number of halogens is 2. The molecule has 1 heterocycles. The van der Waals surface area contributed by atoms with E-state index in [1.807, 2.05) is 0 Å². The molecular weight excluding hydrogens is 326 g/mol. The fourth-order valence-corrected chi connectivity index (χ4v) is 2.45. The molecule has 6 heteroatoms. The van der Waals surface area contributed by atoms with Gasteiger partial charge in [-0.1, -0.05) is 19.9 Å². The van der Waals surface area contributed by atoms with Crippen molar-refractivity contribution in [1.29, 1.82) is 0 Å². The lowest BCUT2D eigenvalue weighted by atomic mass is 10.0. The van der Waals surface area contributed by atoms with Crippen LogP contribution in [0, 0.1) is 24.5 Å². The van der Waals surface area contributed by atoms with Crippen LogP contribution in [0.25, 0.3) is 11.1 Å². The Hall–Kier alpha value is -2.76. The standard InChI is InChI=1S/C19H18F2N2O2/c1-10(2)16(24)7-12-6-14(21)18-17(8-12)25-19(23-18)22-15-9-13(20)5-4-11(15)3/h4-6,8-10H,7H2,1-3H3,(H,22,23). The van der Waals surface area contributed by atoms with Gasteiger partial charge in [0.15, 0.2) is 11.4 Å². The van der Waals surface area contributed by atoms with Gasteiger partial charge in [0.2, 0.25) is 0 Å². The Morgan fingerprint density at radius 2 is 2.00 bits per heavy atom. The Kier molecular flexibility index (Phi) is 4.53. The number of ketones is 1. The number of nitrogens with zero attached hydrogens (tertiary/aromatic N) is 1. The van der Waals surface area contributed by atoms with E-state index in [9.17, 15) is 13.6 Å². The molecule has 0 unspecified atom stereocenters. The third-order valence-electron chi connectivity index (χ3n) is 3.97. The smallest absolute Gasteiger partial charge is 0.300 e. The van der Waals surface area contributed by atoms with Crippen LogP contribution in [0.15, 0.2) is 34.7 Å². The molecule has 0 atom stereocenters. The summed E-state index contributed by atoms with van der Waals surface area (Å²) in [5.41, 5.74) is 2.13. The number of fused-ring (bicyclic) bond motifs is 1. The molecule has 1 aromatic heterocycles. The molecule has 4 nitrogen and oxygen atoms in total. The molecule has 25 heavy (non-hydrogen) atoms. The second-order valence-electron chi connectivity index (χ2n) is 6.33. The van der Waals surface area contributed by atoms with E-state index in [1.165, 1.54) is 18.2 Å². The van der Waals surface area contributed by atoms with Crippen molar-refractivity contribution < 1.29 is 18.0 Å². The Morgan fingerprint density at radius 1 is 1.24 bits per heavy atom. The quantitative estimate of drug-likeness (QED) is 0.713. The van der Waals surface area contributed by atoms with Crippen molar-refractivity contribution in [3.05, 3.63) is 53.1 Å². The molecule has 0 saturated carbocycles. The van der Waals surface area contributed by atoms with Crippen LogP contribution in [0.5, 0.6) is 0 Å². The molecule has 0 aliphatic heterocycles. The molecule has 0 saturated heterocycles. The van der Waals surface area contributed by atoms with Crippen LogP contribution >= 0.6 is 0 Å². The summed E-state index contributed by atoms with van der Waals surface area (Å²) in [4.78, 5) is 15.9. The molecule has 0 radical (unpaired) electrons. The largest absolute Gasteiger partial charge is 0.423 e. The summed E-state index contributed by atoms with van der Waals surface area (Å²) >= 11 is 0. The number of rotatable bonds is 5. The van der Waals surface area contributed by atoms with E-state index in [2.05, 4.69) is 10.3 Å². The number of Topliss-reactive ketones (excluding diaryl/α,β-unsaturated/α-hetero) is 1. The van der Waals surface area contributed by atoms with Crippen molar-refractivity contribution in [1.82, 2.24) is 4.98 Å². The number of hydrogen-bond acceptors (Lipinski definition) is 4. The first-order chi connectivity index (χ1) is 11.8. The van der Waals surface area contributed by atoms with Gasteiger partial charge in [-0.15, -0.1) is 0 Å². The summed E-state index contributed by atoms with van der Waals surface area (Å²) in [6.07, 6.45) is 0.136. The SMILES string of the molecule is Cc1ccc(F)cc1Nc1nc2c(F)cc(CC(=O)C(C)C)cc2o1. The number of benzene rings is 2.